The van der Waals surface area contributed by atoms with E-state index in [4.69, 9.17) is 0 Å². The van der Waals surface area contributed by atoms with Gasteiger partial charge < -0.3 is 10.6 Å². The second kappa shape index (κ2) is 8.26. The van der Waals surface area contributed by atoms with E-state index in [-0.39, 0.29) is 18.4 Å². The molecule has 2 fully saturated rings. The molecule has 1 heterocycles. The Kier molecular flexibility index (Phi) is 6.01. The summed E-state index contributed by atoms with van der Waals surface area (Å²) in [5, 5.41) is 5.57. The fraction of sp³-hybridized carbons (Fsp3) is 0.556. The van der Waals surface area contributed by atoms with Gasteiger partial charge in [-0.25, -0.2) is 0 Å². The van der Waals surface area contributed by atoms with E-state index < -0.39 is 11.7 Å². The molecule has 1 aromatic carbocycles. The number of rotatable bonds is 6. The minimum Gasteiger partial charge on any atom is -0.352 e. The summed E-state index contributed by atoms with van der Waals surface area (Å²) in [5.41, 5.74) is -0.411. The lowest BCUT2D eigenvalue weighted by atomic mass is 10.2. The van der Waals surface area contributed by atoms with E-state index in [1.54, 1.807) is 0 Å². The Labute approximate surface area is 155 Å². The molecule has 0 atom stereocenters. The smallest absolute Gasteiger partial charge is 0.352 e. The average Bonchev–Trinajstić information content (AvgIpc) is 3.40. The van der Waals surface area contributed by atoms with Crippen LogP contribution in [-0.4, -0.2) is 66.9 Å². The summed E-state index contributed by atoms with van der Waals surface area (Å²) in [6, 6.07) is 4.74. The normalized spacial score (nSPS) is 18.9. The SMILES string of the molecule is O=C(CN1CCN(CC(=O)NC2CC2)CC1)Nc1ccc(C(F)(F)F)cc1. The van der Waals surface area contributed by atoms with Crippen LogP contribution in [-0.2, 0) is 15.8 Å². The molecule has 0 spiro atoms. The summed E-state index contributed by atoms with van der Waals surface area (Å²) in [4.78, 5) is 27.9. The Balaban J connectivity index is 1.38. The summed E-state index contributed by atoms with van der Waals surface area (Å²) >= 11 is 0. The Morgan fingerprint density at radius 2 is 1.44 bits per heavy atom. The van der Waals surface area contributed by atoms with Gasteiger partial charge in [0, 0.05) is 37.9 Å². The van der Waals surface area contributed by atoms with Gasteiger partial charge in [-0.15, -0.1) is 0 Å². The van der Waals surface area contributed by atoms with Crippen LogP contribution in [0.25, 0.3) is 0 Å². The standard InChI is InChI=1S/C18H23F3N4O2/c19-18(20,21)13-1-3-14(4-2-13)22-16(26)11-24-7-9-25(10-8-24)12-17(27)23-15-5-6-15/h1-4,15H,5-12H2,(H,22,26)(H,23,27). The Morgan fingerprint density at radius 1 is 0.926 bits per heavy atom. The highest BCUT2D eigenvalue weighted by Gasteiger charge is 2.30. The van der Waals surface area contributed by atoms with Crippen LogP contribution < -0.4 is 10.6 Å². The van der Waals surface area contributed by atoms with Crippen molar-refractivity contribution in [2.75, 3.05) is 44.6 Å². The molecule has 0 unspecified atom stereocenters. The number of nitrogens with one attached hydrogen (secondary N) is 2. The van der Waals surface area contributed by atoms with Gasteiger partial charge in [0.1, 0.15) is 0 Å². The number of hydrogen-bond donors (Lipinski definition) is 2. The highest BCUT2D eigenvalue weighted by molar-refractivity contribution is 5.92. The first-order valence-electron chi connectivity index (χ1n) is 9.01. The molecule has 1 aromatic rings. The first-order chi connectivity index (χ1) is 12.8. The van der Waals surface area contributed by atoms with Crippen molar-refractivity contribution >= 4 is 17.5 Å². The Bertz CT molecular complexity index is 666. The number of halogens is 3. The van der Waals surface area contributed by atoms with Crippen molar-refractivity contribution in [2.24, 2.45) is 0 Å². The third-order valence-corrected chi connectivity index (χ3v) is 4.64. The number of benzene rings is 1. The van der Waals surface area contributed by atoms with Gasteiger partial charge in [0.05, 0.1) is 18.7 Å². The lowest BCUT2D eigenvalue weighted by Gasteiger charge is -2.33. The van der Waals surface area contributed by atoms with Crippen molar-refractivity contribution in [2.45, 2.75) is 25.1 Å². The van der Waals surface area contributed by atoms with E-state index in [1.807, 2.05) is 4.90 Å². The van der Waals surface area contributed by atoms with Crippen LogP contribution in [0.15, 0.2) is 24.3 Å². The molecule has 2 aliphatic rings. The number of anilines is 1. The van der Waals surface area contributed by atoms with Crippen molar-refractivity contribution in [3.8, 4) is 0 Å². The zero-order chi connectivity index (χ0) is 19.4. The highest BCUT2D eigenvalue weighted by atomic mass is 19.4. The van der Waals surface area contributed by atoms with Gasteiger partial charge in [0.25, 0.3) is 0 Å². The van der Waals surface area contributed by atoms with Gasteiger partial charge in [-0.3, -0.25) is 19.4 Å². The van der Waals surface area contributed by atoms with E-state index in [2.05, 4.69) is 15.5 Å². The predicted molar refractivity (Wildman–Crippen MR) is 94.1 cm³/mol. The first-order valence-corrected chi connectivity index (χ1v) is 9.01. The molecule has 1 aliphatic heterocycles. The summed E-state index contributed by atoms with van der Waals surface area (Å²) in [5.74, 6) is -0.222. The minimum absolute atomic E-state index is 0.0472. The molecule has 0 radical (unpaired) electrons. The molecule has 0 aromatic heterocycles. The third kappa shape index (κ3) is 6.21. The number of carbonyl (C=O) groups excluding carboxylic acids is 2. The Morgan fingerprint density at radius 3 is 1.93 bits per heavy atom. The van der Waals surface area contributed by atoms with Crippen LogP contribution in [0.3, 0.4) is 0 Å². The molecule has 2 amide bonds. The largest absolute Gasteiger partial charge is 0.416 e. The van der Waals surface area contributed by atoms with Crippen molar-refractivity contribution in [1.29, 1.82) is 0 Å². The summed E-state index contributed by atoms with van der Waals surface area (Å²) in [6.45, 7) is 3.27. The van der Waals surface area contributed by atoms with Gasteiger partial charge >= 0.3 is 6.18 Å². The lowest BCUT2D eigenvalue weighted by molar-refractivity contribution is -0.137. The minimum atomic E-state index is -4.39. The summed E-state index contributed by atoms with van der Waals surface area (Å²) in [6.07, 6.45) is -2.26. The van der Waals surface area contributed by atoms with E-state index in [0.717, 1.165) is 25.0 Å². The molecule has 0 bridgehead atoms. The van der Waals surface area contributed by atoms with Crippen LogP contribution in [0.4, 0.5) is 18.9 Å². The van der Waals surface area contributed by atoms with E-state index in [0.29, 0.717) is 44.5 Å². The Hall–Kier alpha value is -2.13. The van der Waals surface area contributed by atoms with E-state index >= 15 is 0 Å². The second-order valence-electron chi connectivity index (χ2n) is 7.02. The third-order valence-electron chi connectivity index (χ3n) is 4.64. The molecular weight excluding hydrogens is 361 g/mol. The van der Waals surface area contributed by atoms with Crippen LogP contribution in [0.2, 0.25) is 0 Å². The lowest BCUT2D eigenvalue weighted by Crippen LogP contribution is -2.51. The fourth-order valence-corrected chi connectivity index (χ4v) is 2.96. The van der Waals surface area contributed by atoms with Gasteiger partial charge in [0.2, 0.25) is 11.8 Å². The molecule has 1 saturated heterocycles. The maximum absolute atomic E-state index is 12.5. The molecule has 3 rings (SSSR count). The molecule has 2 N–H and O–H groups in total. The number of alkyl halides is 3. The van der Waals surface area contributed by atoms with Crippen molar-refractivity contribution in [1.82, 2.24) is 15.1 Å². The summed E-state index contributed by atoms with van der Waals surface area (Å²) in [7, 11) is 0. The van der Waals surface area contributed by atoms with Gasteiger partial charge in [-0.05, 0) is 37.1 Å². The molecule has 6 nitrogen and oxygen atoms in total. The van der Waals surface area contributed by atoms with Crippen LogP contribution in [0.1, 0.15) is 18.4 Å². The zero-order valence-electron chi connectivity index (χ0n) is 14.9. The molecule has 148 valence electrons. The molecular formula is C18H23F3N4O2. The quantitative estimate of drug-likeness (QED) is 0.781. The zero-order valence-corrected chi connectivity index (χ0v) is 14.9. The van der Waals surface area contributed by atoms with Crippen molar-refractivity contribution in [3.63, 3.8) is 0 Å². The molecule has 1 saturated carbocycles. The van der Waals surface area contributed by atoms with Crippen LogP contribution in [0.5, 0.6) is 0 Å². The first kappa shape index (κ1) is 19.6. The number of amides is 2. The van der Waals surface area contributed by atoms with E-state index in [9.17, 15) is 22.8 Å². The van der Waals surface area contributed by atoms with Gasteiger partial charge in [0.15, 0.2) is 0 Å². The predicted octanol–water partition coefficient (Wildman–Crippen LogP) is 1.54. The average molecular weight is 384 g/mol. The molecule has 27 heavy (non-hydrogen) atoms. The number of hydrogen-bond acceptors (Lipinski definition) is 4. The van der Waals surface area contributed by atoms with E-state index in [1.165, 1.54) is 12.1 Å². The van der Waals surface area contributed by atoms with Crippen molar-refractivity contribution < 1.29 is 22.8 Å². The second-order valence-corrected chi connectivity index (χ2v) is 7.02. The number of carbonyl (C=O) groups is 2. The molecule has 1 aliphatic carbocycles. The van der Waals surface area contributed by atoms with Gasteiger partial charge in [-0.2, -0.15) is 13.2 Å². The monoisotopic (exact) mass is 384 g/mol. The van der Waals surface area contributed by atoms with Crippen molar-refractivity contribution in [3.05, 3.63) is 29.8 Å². The maximum atomic E-state index is 12.5. The molecule has 9 heteroatoms. The number of nitrogens with zero attached hydrogens (tertiary/aromatic N) is 2. The van der Waals surface area contributed by atoms with Crippen LogP contribution >= 0.6 is 0 Å². The number of piperazine rings is 1. The van der Waals surface area contributed by atoms with Gasteiger partial charge in [-0.1, -0.05) is 0 Å². The topological polar surface area (TPSA) is 64.7 Å². The summed E-state index contributed by atoms with van der Waals surface area (Å²) < 4.78 is 37.6. The fourth-order valence-electron chi connectivity index (χ4n) is 2.96. The van der Waals surface area contributed by atoms with Crippen LogP contribution in [0, 0.1) is 0 Å². The highest BCUT2D eigenvalue weighted by Crippen LogP contribution is 2.29. The maximum Gasteiger partial charge on any atom is 0.416 e.